The molecule has 156 valence electrons. The number of carbonyl (C=O) groups is 1. The summed E-state index contributed by atoms with van der Waals surface area (Å²) < 4.78 is 26.6. The number of aryl methyl sites for hydroxylation is 1. The third kappa shape index (κ3) is 5.29. The minimum atomic E-state index is -3.67. The molecular weight excluding hydrogens is 464 g/mol. The number of carbonyl (C=O) groups excluding carboxylic acids is 1. The van der Waals surface area contributed by atoms with E-state index in [4.69, 9.17) is 0 Å². The number of amides is 1. The van der Waals surface area contributed by atoms with Gasteiger partial charge in [0.25, 0.3) is 0 Å². The maximum atomic E-state index is 13.0. The molecule has 0 saturated heterocycles. The van der Waals surface area contributed by atoms with E-state index in [0.717, 1.165) is 27.3 Å². The summed E-state index contributed by atoms with van der Waals surface area (Å²) in [5.41, 5.74) is 3.34. The van der Waals surface area contributed by atoms with Crippen LogP contribution < -0.4 is 9.62 Å². The predicted molar refractivity (Wildman–Crippen MR) is 124 cm³/mol. The summed E-state index contributed by atoms with van der Waals surface area (Å²) in [5, 5.41) is 3.02. The van der Waals surface area contributed by atoms with E-state index >= 15 is 0 Å². The van der Waals surface area contributed by atoms with Gasteiger partial charge in [-0.1, -0.05) is 66.7 Å². The lowest BCUT2D eigenvalue weighted by atomic mass is 9.95. The quantitative estimate of drug-likeness (QED) is 0.536. The lowest BCUT2D eigenvalue weighted by Crippen LogP contribution is -2.42. The van der Waals surface area contributed by atoms with Crippen molar-refractivity contribution >= 4 is 37.5 Å². The number of nitrogens with one attached hydrogen (secondary N) is 1. The van der Waals surface area contributed by atoms with Gasteiger partial charge in [0, 0.05) is 4.47 Å². The molecule has 1 atom stereocenters. The van der Waals surface area contributed by atoms with Gasteiger partial charge in [-0.25, -0.2) is 8.42 Å². The molecule has 0 spiro atoms. The number of hydrogen-bond acceptors (Lipinski definition) is 3. The van der Waals surface area contributed by atoms with Crippen molar-refractivity contribution in [3.63, 3.8) is 0 Å². The first-order valence-electron chi connectivity index (χ1n) is 9.39. The maximum absolute atomic E-state index is 13.0. The molecule has 0 aliphatic heterocycles. The Labute approximate surface area is 185 Å². The van der Waals surface area contributed by atoms with Gasteiger partial charge in [-0.15, -0.1) is 0 Å². The van der Waals surface area contributed by atoms with Crippen molar-refractivity contribution in [1.82, 2.24) is 5.32 Å². The smallest absolute Gasteiger partial charge is 0.241 e. The number of benzene rings is 3. The molecule has 3 rings (SSSR count). The molecule has 0 heterocycles. The van der Waals surface area contributed by atoms with Crippen molar-refractivity contribution in [3.8, 4) is 0 Å². The largest absolute Gasteiger partial charge is 0.344 e. The van der Waals surface area contributed by atoms with Crippen LogP contribution in [0.25, 0.3) is 0 Å². The monoisotopic (exact) mass is 486 g/mol. The number of para-hydroxylation sites is 1. The van der Waals surface area contributed by atoms with Crippen molar-refractivity contribution in [2.45, 2.75) is 13.0 Å². The van der Waals surface area contributed by atoms with Crippen LogP contribution in [-0.4, -0.2) is 27.1 Å². The van der Waals surface area contributed by atoms with E-state index in [2.05, 4.69) is 21.2 Å². The number of hydrogen-bond donors (Lipinski definition) is 1. The van der Waals surface area contributed by atoms with Gasteiger partial charge in [0.1, 0.15) is 6.54 Å². The molecule has 0 unspecified atom stereocenters. The van der Waals surface area contributed by atoms with Crippen LogP contribution in [0.3, 0.4) is 0 Å². The summed E-state index contributed by atoms with van der Waals surface area (Å²) in [6.07, 6.45) is 1.09. The van der Waals surface area contributed by atoms with E-state index in [1.807, 2.05) is 61.5 Å². The Morgan fingerprint density at radius 3 is 2.20 bits per heavy atom. The molecule has 0 aliphatic carbocycles. The van der Waals surface area contributed by atoms with Crippen molar-refractivity contribution in [3.05, 3.63) is 100 Å². The Kier molecular flexibility index (Phi) is 6.95. The van der Waals surface area contributed by atoms with Crippen LogP contribution in [0.4, 0.5) is 5.69 Å². The molecule has 1 N–H and O–H groups in total. The van der Waals surface area contributed by atoms with Gasteiger partial charge in [-0.3, -0.25) is 9.10 Å². The normalized spacial score (nSPS) is 12.2. The van der Waals surface area contributed by atoms with Gasteiger partial charge in [0.2, 0.25) is 15.9 Å². The molecule has 5 nitrogen and oxygen atoms in total. The molecule has 7 heteroatoms. The van der Waals surface area contributed by atoms with Gasteiger partial charge in [-0.05, 0) is 51.7 Å². The van der Waals surface area contributed by atoms with Crippen LogP contribution in [-0.2, 0) is 14.8 Å². The van der Waals surface area contributed by atoms with E-state index < -0.39 is 15.9 Å². The molecule has 0 aromatic heterocycles. The van der Waals surface area contributed by atoms with E-state index in [0.29, 0.717) is 10.2 Å². The van der Waals surface area contributed by atoms with E-state index in [9.17, 15) is 13.2 Å². The first kappa shape index (κ1) is 22.1. The molecule has 3 aromatic rings. The maximum Gasteiger partial charge on any atom is 0.241 e. The third-order valence-corrected chi connectivity index (χ3v) is 6.54. The first-order valence-corrected chi connectivity index (χ1v) is 12.0. The fourth-order valence-corrected chi connectivity index (χ4v) is 4.75. The minimum absolute atomic E-state index is 0.323. The molecule has 0 saturated carbocycles. The van der Waals surface area contributed by atoms with E-state index in [-0.39, 0.29) is 12.6 Å². The Hall–Kier alpha value is -2.64. The van der Waals surface area contributed by atoms with Crippen LogP contribution in [0.5, 0.6) is 0 Å². The van der Waals surface area contributed by atoms with Gasteiger partial charge in [0.05, 0.1) is 18.0 Å². The van der Waals surface area contributed by atoms with Crippen molar-refractivity contribution in [2.75, 3.05) is 17.1 Å². The molecular formula is C23H23BrN2O3S. The Morgan fingerprint density at radius 1 is 0.967 bits per heavy atom. The molecule has 1 amide bonds. The van der Waals surface area contributed by atoms with Crippen LogP contribution >= 0.6 is 15.9 Å². The van der Waals surface area contributed by atoms with Crippen molar-refractivity contribution in [2.24, 2.45) is 0 Å². The summed E-state index contributed by atoms with van der Waals surface area (Å²) in [5.74, 6) is -0.395. The highest BCUT2D eigenvalue weighted by Gasteiger charge is 2.25. The second kappa shape index (κ2) is 9.45. The zero-order valence-corrected chi connectivity index (χ0v) is 19.2. The highest BCUT2D eigenvalue weighted by atomic mass is 79.9. The van der Waals surface area contributed by atoms with Crippen molar-refractivity contribution in [1.29, 1.82) is 0 Å². The highest BCUT2D eigenvalue weighted by Crippen LogP contribution is 2.28. The summed E-state index contributed by atoms with van der Waals surface area (Å²) in [6.45, 7) is 1.66. The van der Waals surface area contributed by atoms with Gasteiger partial charge < -0.3 is 5.32 Å². The standard InChI is InChI=1S/C23H23BrN2O3S/c1-17-10-6-7-13-19(17)23(18-11-4-3-5-12-18)25-22(27)16-26(30(2,28)29)21-15-9-8-14-20(21)24/h3-15,23H,16H2,1-2H3,(H,25,27)/t23-/m0/s1. The van der Waals surface area contributed by atoms with Gasteiger partial charge in [-0.2, -0.15) is 0 Å². The highest BCUT2D eigenvalue weighted by molar-refractivity contribution is 9.10. The fourth-order valence-electron chi connectivity index (χ4n) is 3.27. The number of halogens is 1. The fraction of sp³-hybridized carbons (Fsp3) is 0.174. The molecule has 0 fully saturated rings. The lowest BCUT2D eigenvalue weighted by Gasteiger charge is -2.26. The summed E-state index contributed by atoms with van der Waals surface area (Å²) in [6, 6.07) is 24.0. The van der Waals surface area contributed by atoms with Crippen LogP contribution in [0, 0.1) is 6.92 Å². The predicted octanol–water partition coefficient (Wildman–Crippen LogP) is 4.43. The number of sulfonamides is 1. The van der Waals surface area contributed by atoms with Gasteiger partial charge in [0.15, 0.2) is 0 Å². The molecule has 3 aromatic carbocycles. The molecule has 30 heavy (non-hydrogen) atoms. The second-order valence-corrected chi connectivity index (χ2v) is 9.75. The van der Waals surface area contributed by atoms with Crippen LogP contribution in [0.1, 0.15) is 22.7 Å². The summed E-state index contributed by atoms with van der Waals surface area (Å²) >= 11 is 3.38. The molecule has 0 aliphatic rings. The topological polar surface area (TPSA) is 66.5 Å². The average Bonchev–Trinajstić information content (AvgIpc) is 2.71. The minimum Gasteiger partial charge on any atom is -0.344 e. The zero-order chi connectivity index (χ0) is 21.7. The SMILES string of the molecule is Cc1ccccc1[C@@H](NC(=O)CN(c1ccccc1Br)S(C)(=O)=O)c1ccccc1. The second-order valence-electron chi connectivity index (χ2n) is 6.99. The van der Waals surface area contributed by atoms with Crippen LogP contribution in [0.15, 0.2) is 83.3 Å². The van der Waals surface area contributed by atoms with Gasteiger partial charge >= 0.3 is 0 Å². The average molecular weight is 487 g/mol. The number of anilines is 1. The Bertz CT molecular complexity index is 1130. The summed E-state index contributed by atoms with van der Waals surface area (Å²) in [7, 11) is -3.67. The lowest BCUT2D eigenvalue weighted by molar-refractivity contribution is -0.120. The summed E-state index contributed by atoms with van der Waals surface area (Å²) in [4.78, 5) is 13.0. The third-order valence-electron chi connectivity index (χ3n) is 4.75. The van der Waals surface area contributed by atoms with Crippen molar-refractivity contribution < 1.29 is 13.2 Å². The van der Waals surface area contributed by atoms with Crippen LogP contribution in [0.2, 0.25) is 0 Å². The molecule has 0 radical (unpaired) electrons. The number of rotatable bonds is 7. The zero-order valence-electron chi connectivity index (χ0n) is 16.7. The van der Waals surface area contributed by atoms with E-state index in [1.54, 1.807) is 24.3 Å². The Balaban J connectivity index is 1.92. The first-order chi connectivity index (χ1) is 14.3. The Morgan fingerprint density at radius 2 is 1.57 bits per heavy atom. The van der Waals surface area contributed by atoms with E-state index in [1.165, 1.54) is 0 Å². The molecule has 0 bridgehead atoms. The number of nitrogens with zero attached hydrogens (tertiary/aromatic N) is 1.